The van der Waals surface area contributed by atoms with Gasteiger partial charge in [0.2, 0.25) is 0 Å². The first-order chi connectivity index (χ1) is 6.96. The molecule has 0 saturated heterocycles. The smallest absolute Gasteiger partial charge is 0.406 e. The van der Waals surface area contributed by atoms with Gasteiger partial charge in [0.1, 0.15) is 5.75 Å². The van der Waals surface area contributed by atoms with E-state index in [2.05, 4.69) is 11.3 Å². The number of halogens is 3. The first-order valence-electron chi connectivity index (χ1n) is 4.47. The summed E-state index contributed by atoms with van der Waals surface area (Å²) in [6.45, 7) is 5.46. The number of aryl methyl sites for hydroxylation is 1. The molecule has 0 amide bonds. The van der Waals surface area contributed by atoms with Crippen molar-refractivity contribution in [3.05, 3.63) is 35.9 Å². The minimum absolute atomic E-state index is 0.213. The Hall–Kier alpha value is -1.45. The van der Waals surface area contributed by atoms with Gasteiger partial charge in [0.05, 0.1) is 0 Å². The zero-order valence-corrected chi connectivity index (χ0v) is 8.27. The number of alkyl halides is 3. The first-order valence-corrected chi connectivity index (χ1v) is 4.47. The van der Waals surface area contributed by atoms with Crippen molar-refractivity contribution < 1.29 is 17.9 Å². The van der Waals surface area contributed by atoms with Gasteiger partial charge in [0, 0.05) is 0 Å². The second-order valence-electron chi connectivity index (χ2n) is 2.97. The Balaban J connectivity index is 2.98. The highest BCUT2D eigenvalue weighted by molar-refractivity contribution is 5.54. The molecule has 1 rings (SSSR count). The number of hydrogen-bond donors (Lipinski definition) is 0. The normalized spacial score (nSPS) is 11.2. The predicted molar refractivity (Wildman–Crippen MR) is 52.6 cm³/mol. The summed E-state index contributed by atoms with van der Waals surface area (Å²) in [4.78, 5) is 0. The molecule has 0 aliphatic carbocycles. The van der Waals surface area contributed by atoms with E-state index in [1.54, 1.807) is 6.07 Å². The predicted octanol–water partition coefficient (Wildman–Crippen LogP) is 3.79. The maximum Gasteiger partial charge on any atom is 0.573 e. The third kappa shape index (κ3) is 3.31. The van der Waals surface area contributed by atoms with Gasteiger partial charge in [-0.3, -0.25) is 0 Å². The molecule has 0 fully saturated rings. The summed E-state index contributed by atoms with van der Waals surface area (Å²) in [7, 11) is 0. The van der Waals surface area contributed by atoms with Gasteiger partial charge in [-0.25, -0.2) is 0 Å². The average molecular weight is 216 g/mol. The number of hydrogen-bond acceptors (Lipinski definition) is 1. The SMILES string of the molecule is C=Cc1cc(OC(F)(F)F)ccc1CC. The number of rotatable bonds is 3. The van der Waals surface area contributed by atoms with Crippen LogP contribution in [0, 0.1) is 0 Å². The molecule has 0 spiro atoms. The van der Waals surface area contributed by atoms with E-state index in [-0.39, 0.29) is 5.75 Å². The molecule has 1 aromatic rings. The highest BCUT2D eigenvalue weighted by Gasteiger charge is 2.31. The van der Waals surface area contributed by atoms with Crippen LogP contribution in [0.4, 0.5) is 13.2 Å². The van der Waals surface area contributed by atoms with Gasteiger partial charge < -0.3 is 4.74 Å². The highest BCUT2D eigenvalue weighted by Crippen LogP contribution is 2.25. The van der Waals surface area contributed by atoms with Crippen LogP contribution in [0.3, 0.4) is 0 Å². The fourth-order valence-electron chi connectivity index (χ4n) is 1.28. The van der Waals surface area contributed by atoms with Crippen molar-refractivity contribution >= 4 is 6.08 Å². The molecule has 0 aromatic heterocycles. The van der Waals surface area contributed by atoms with Crippen LogP contribution in [0.1, 0.15) is 18.1 Å². The second kappa shape index (κ2) is 4.38. The van der Waals surface area contributed by atoms with Gasteiger partial charge in [-0.05, 0) is 29.7 Å². The fourth-order valence-corrected chi connectivity index (χ4v) is 1.28. The van der Waals surface area contributed by atoms with Crippen LogP contribution in [-0.2, 0) is 6.42 Å². The molecule has 0 N–H and O–H groups in total. The van der Waals surface area contributed by atoms with Crippen molar-refractivity contribution in [2.45, 2.75) is 19.7 Å². The lowest BCUT2D eigenvalue weighted by Gasteiger charge is -2.11. The second-order valence-corrected chi connectivity index (χ2v) is 2.97. The van der Waals surface area contributed by atoms with E-state index in [4.69, 9.17) is 0 Å². The molecular weight excluding hydrogens is 205 g/mol. The van der Waals surface area contributed by atoms with Crippen LogP contribution < -0.4 is 4.74 Å². The van der Waals surface area contributed by atoms with Crippen LogP contribution in [0.15, 0.2) is 24.8 Å². The average Bonchev–Trinajstić information content (AvgIpc) is 2.15. The molecule has 0 saturated carbocycles. The van der Waals surface area contributed by atoms with Crippen LogP contribution in [-0.4, -0.2) is 6.36 Å². The van der Waals surface area contributed by atoms with Crippen molar-refractivity contribution in [3.8, 4) is 5.75 Å². The van der Waals surface area contributed by atoms with Gasteiger partial charge >= 0.3 is 6.36 Å². The minimum Gasteiger partial charge on any atom is -0.406 e. The van der Waals surface area contributed by atoms with E-state index in [0.29, 0.717) is 5.56 Å². The van der Waals surface area contributed by atoms with Gasteiger partial charge in [-0.2, -0.15) is 0 Å². The standard InChI is InChI=1S/C11H11F3O/c1-3-8-5-6-10(7-9(8)4-2)15-11(12,13)14/h4-7H,2-3H2,1H3. The molecule has 15 heavy (non-hydrogen) atoms. The van der Waals surface area contributed by atoms with Crippen molar-refractivity contribution in [1.29, 1.82) is 0 Å². The molecule has 0 unspecified atom stereocenters. The molecule has 1 aromatic carbocycles. The van der Waals surface area contributed by atoms with E-state index >= 15 is 0 Å². The Bertz CT molecular complexity index is 355. The van der Waals surface area contributed by atoms with Crippen LogP contribution in [0.25, 0.3) is 6.08 Å². The molecule has 0 radical (unpaired) electrons. The molecule has 1 nitrogen and oxygen atoms in total. The van der Waals surface area contributed by atoms with Crippen molar-refractivity contribution in [2.24, 2.45) is 0 Å². The third-order valence-corrected chi connectivity index (χ3v) is 1.95. The lowest BCUT2D eigenvalue weighted by Crippen LogP contribution is -2.17. The molecule has 0 bridgehead atoms. The monoisotopic (exact) mass is 216 g/mol. The van der Waals surface area contributed by atoms with Crippen LogP contribution in [0.5, 0.6) is 5.75 Å². The van der Waals surface area contributed by atoms with Crippen LogP contribution >= 0.6 is 0 Å². The summed E-state index contributed by atoms with van der Waals surface area (Å²) in [5.41, 5.74) is 1.61. The van der Waals surface area contributed by atoms with Crippen LogP contribution in [0.2, 0.25) is 0 Å². The molecule has 0 aliphatic heterocycles. The summed E-state index contributed by atoms with van der Waals surface area (Å²) in [5.74, 6) is -0.213. The zero-order chi connectivity index (χ0) is 11.5. The first kappa shape index (κ1) is 11.6. The van der Waals surface area contributed by atoms with E-state index in [1.807, 2.05) is 6.92 Å². The molecule has 82 valence electrons. The van der Waals surface area contributed by atoms with Crippen molar-refractivity contribution in [1.82, 2.24) is 0 Å². The Morgan fingerprint density at radius 1 is 1.40 bits per heavy atom. The molecular formula is C11H11F3O. The summed E-state index contributed by atoms with van der Waals surface area (Å²) >= 11 is 0. The summed E-state index contributed by atoms with van der Waals surface area (Å²) < 4.78 is 39.5. The fraction of sp³-hybridized carbons (Fsp3) is 0.273. The Morgan fingerprint density at radius 2 is 2.07 bits per heavy atom. The largest absolute Gasteiger partial charge is 0.573 e. The van der Waals surface area contributed by atoms with E-state index in [9.17, 15) is 13.2 Å². The molecule has 0 aliphatic rings. The minimum atomic E-state index is -4.65. The lowest BCUT2D eigenvalue weighted by atomic mass is 10.1. The molecule has 0 atom stereocenters. The van der Waals surface area contributed by atoms with E-state index in [1.165, 1.54) is 18.2 Å². The van der Waals surface area contributed by atoms with Gasteiger partial charge in [0.25, 0.3) is 0 Å². The van der Waals surface area contributed by atoms with Gasteiger partial charge in [-0.1, -0.05) is 25.6 Å². The number of ether oxygens (including phenoxy) is 1. The van der Waals surface area contributed by atoms with E-state index < -0.39 is 6.36 Å². The maximum atomic E-state index is 11.9. The summed E-state index contributed by atoms with van der Waals surface area (Å²) in [5, 5.41) is 0. The lowest BCUT2D eigenvalue weighted by molar-refractivity contribution is -0.274. The van der Waals surface area contributed by atoms with E-state index in [0.717, 1.165) is 12.0 Å². The third-order valence-electron chi connectivity index (χ3n) is 1.95. The summed E-state index contributed by atoms with van der Waals surface area (Å²) in [6.07, 6.45) is -2.39. The Labute approximate surface area is 86.2 Å². The van der Waals surface area contributed by atoms with Gasteiger partial charge in [0.15, 0.2) is 0 Å². The number of benzene rings is 1. The van der Waals surface area contributed by atoms with Crippen molar-refractivity contribution in [2.75, 3.05) is 0 Å². The summed E-state index contributed by atoms with van der Waals surface area (Å²) in [6, 6.07) is 4.25. The van der Waals surface area contributed by atoms with Crippen molar-refractivity contribution in [3.63, 3.8) is 0 Å². The highest BCUT2D eigenvalue weighted by atomic mass is 19.4. The maximum absolute atomic E-state index is 11.9. The molecule has 4 heteroatoms. The topological polar surface area (TPSA) is 9.23 Å². The molecule has 0 heterocycles. The Kier molecular flexibility index (Phi) is 3.39. The Morgan fingerprint density at radius 3 is 2.53 bits per heavy atom. The zero-order valence-electron chi connectivity index (χ0n) is 8.27. The quantitative estimate of drug-likeness (QED) is 0.746. The van der Waals surface area contributed by atoms with Gasteiger partial charge in [-0.15, -0.1) is 13.2 Å².